The maximum Gasteiger partial charge on any atom is 0.278 e. The first-order valence-electron chi connectivity index (χ1n) is 8.20. The van der Waals surface area contributed by atoms with E-state index in [-0.39, 0.29) is 10.6 Å². The van der Waals surface area contributed by atoms with E-state index < -0.39 is 0 Å². The first kappa shape index (κ1) is 15.7. The van der Waals surface area contributed by atoms with Crippen molar-refractivity contribution >= 4 is 22.3 Å². The lowest BCUT2D eigenvalue weighted by atomic mass is 10.1. The molecule has 122 valence electrons. The molecule has 1 fully saturated rings. The second-order valence-corrected chi connectivity index (χ2v) is 5.94. The van der Waals surface area contributed by atoms with Crippen molar-refractivity contribution in [2.24, 2.45) is 0 Å². The van der Waals surface area contributed by atoms with Gasteiger partial charge in [-0.1, -0.05) is 6.92 Å². The quantitative estimate of drug-likeness (QED) is 0.641. The average Bonchev–Trinajstić information content (AvgIpc) is 2.79. The van der Waals surface area contributed by atoms with Crippen LogP contribution >= 0.6 is 0 Å². The molecule has 6 heteroatoms. The highest BCUT2D eigenvalue weighted by Crippen LogP contribution is 2.32. The van der Waals surface area contributed by atoms with E-state index in [4.69, 9.17) is 0 Å². The highest BCUT2D eigenvalue weighted by Gasteiger charge is 2.20. The number of fused-ring (bicyclic) bond motifs is 1. The molecule has 0 saturated carbocycles. The first-order valence-corrected chi connectivity index (χ1v) is 8.20. The number of aromatic nitrogens is 1. The Balaban J connectivity index is 1.94. The predicted octanol–water partition coefficient (Wildman–Crippen LogP) is 3.07. The van der Waals surface area contributed by atoms with Gasteiger partial charge in [0.25, 0.3) is 5.69 Å². The molecule has 2 heterocycles. The molecular weight excluding hydrogens is 292 g/mol. The number of nitro groups is 1. The fourth-order valence-electron chi connectivity index (χ4n) is 3.31. The summed E-state index contributed by atoms with van der Waals surface area (Å²) in [6.07, 6.45) is 3.98. The highest BCUT2D eigenvalue weighted by atomic mass is 16.6. The predicted molar refractivity (Wildman–Crippen MR) is 92.0 cm³/mol. The Morgan fingerprint density at radius 2 is 2.09 bits per heavy atom. The first-order chi connectivity index (χ1) is 11.2. The Kier molecular flexibility index (Phi) is 4.71. The number of nitro benzene ring substituents is 1. The zero-order valence-electron chi connectivity index (χ0n) is 13.4. The van der Waals surface area contributed by atoms with Crippen LogP contribution in [0.1, 0.15) is 19.8 Å². The maximum absolute atomic E-state index is 11.2. The van der Waals surface area contributed by atoms with E-state index in [0.29, 0.717) is 5.39 Å². The molecule has 1 saturated heterocycles. The fraction of sp³-hybridized carbons (Fsp3) is 0.471. The Bertz CT molecular complexity index is 704. The minimum absolute atomic E-state index is 0.124. The van der Waals surface area contributed by atoms with Crippen LogP contribution in [-0.2, 0) is 0 Å². The lowest BCUT2D eigenvalue weighted by Gasteiger charge is -2.24. The number of hydrogen-bond donors (Lipinski definition) is 0. The van der Waals surface area contributed by atoms with Crippen molar-refractivity contribution in [2.75, 3.05) is 37.6 Å². The van der Waals surface area contributed by atoms with Gasteiger partial charge in [-0.05, 0) is 44.1 Å². The smallest absolute Gasteiger partial charge is 0.278 e. The molecule has 1 aliphatic heterocycles. The Morgan fingerprint density at radius 1 is 1.22 bits per heavy atom. The third kappa shape index (κ3) is 3.27. The van der Waals surface area contributed by atoms with E-state index >= 15 is 0 Å². The maximum atomic E-state index is 11.2. The van der Waals surface area contributed by atoms with Crippen molar-refractivity contribution in [3.8, 4) is 0 Å². The monoisotopic (exact) mass is 314 g/mol. The van der Waals surface area contributed by atoms with Crippen LogP contribution in [0, 0.1) is 10.1 Å². The number of anilines is 1. The summed E-state index contributed by atoms with van der Waals surface area (Å²) in [6, 6.07) is 6.99. The van der Waals surface area contributed by atoms with E-state index in [2.05, 4.69) is 21.7 Å². The summed E-state index contributed by atoms with van der Waals surface area (Å²) in [5.41, 5.74) is 1.86. The molecule has 0 unspecified atom stereocenters. The molecule has 0 spiro atoms. The SMILES string of the molecule is CCCN1CCCN(c2ccc([N+](=O)[O-])c3cccnc23)CC1. The molecular formula is C17H22N4O2. The minimum Gasteiger partial charge on any atom is -0.368 e. The van der Waals surface area contributed by atoms with Crippen LogP contribution < -0.4 is 4.90 Å². The molecule has 0 radical (unpaired) electrons. The van der Waals surface area contributed by atoms with Crippen molar-refractivity contribution in [3.63, 3.8) is 0 Å². The number of pyridine rings is 1. The highest BCUT2D eigenvalue weighted by molar-refractivity contribution is 5.97. The number of non-ortho nitro benzene ring substituents is 1. The Labute approximate surface area is 135 Å². The summed E-state index contributed by atoms with van der Waals surface area (Å²) in [7, 11) is 0. The van der Waals surface area contributed by atoms with Gasteiger partial charge in [-0.3, -0.25) is 15.1 Å². The minimum atomic E-state index is -0.334. The summed E-state index contributed by atoms with van der Waals surface area (Å²) in [4.78, 5) is 20.1. The van der Waals surface area contributed by atoms with Gasteiger partial charge in [0.2, 0.25) is 0 Å². The van der Waals surface area contributed by atoms with Crippen LogP contribution in [-0.4, -0.2) is 47.5 Å². The number of benzene rings is 1. The molecule has 0 N–H and O–H groups in total. The summed E-state index contributed by atoms with van der Waals surface area (Å²) < 4.78 is 0. The number of hydrogen-bond acceptors (Lipinski definition) is 5. The van der Waals surface area contributed by atoms with Gasteiger partial charge in [-0.25, -0.2) is 0 Å². The zero-order chi connectivity index (χ0) is 16.2. The molecule has 0 atom stereocenters. The lowest BCUT2D eigenvalue weighted by Crippen LogP contribution is -2.31. The molecule has 1 aliphatic rings. The second-order valence-electron chi connectivity index (χ2n) is 5.94. The third-order valence-electron chi connectivity index (χ3n) is 4.39. The summed E-state index contributed by atoms with van der Waals surface area (Å²) in [5, 5.41) is 11.8. The zero-order valence-corrected chi connectivity index (χ0v) is 13.4. The van der Waals surface area contributed by atoms with Crippen molar-refractivity contribution in [2.45, 2.75) is 19.8 Å². The van der Waals surface area contributed by atoms with E-state index in [1.165, 1.54) is 6.42 Å². The summed E-state index contributed by atoms with van der Waals surface area (Å²) in [5.74, 6) is 0. The van der Waals surface area contributed by atoms with Crippen molar-refractivity contribution in [3.05, 3.63) is 40.6 Å². The summed E-state index contributed by atoms with van der Waals surface area (Å²) in [6.45, 7) is 7.37. The van der Waals surface area contributed by atoms with Crippen molar-refractivity contribution < 1.29 is 4.92 Å². The van der Waals surface area contributed by atoms with Gasteiger partial charge in [0.05, 0.1) is 16.0 Å². The van der Waals surface area contributed by atoms with E-state index in [1.54, 1.807) is 24.4 Å². The summed E-state index contributed by atoms with van der Waals surface area (Å²) >= 11 is 0. The van der Waals surface area contributed by atoms with Gasteiger partial charge < -0.3 is 9.80 Å². The Hall–Kier alpha value is -2.21. The van der Waals surface area contributed by atoms with Crippen LogP contribution in [0.15, 0.2) is 30.5 Å². The van der Waals surface area contributed by atoms with Gasteiger partial charge in [0.1, 0.15) is 5.52 Å². The molecule has 1 aromatic carbocycles. The van der Waals surface area contributed by atoms with E-state index in [9.17, 15) is 10.1 Å². The van der Waals surface area contributed by atoms with Gasteiger partial charge in [0.15, 0.2) is 0 Å². The number of rotatable bonds is 4. The third-order valence-corrected chi connectivity index (χ3v) is 4.39. The standard InChI is InChI=1S/C17H22N4O2/c1-2-9-19-10-4-11-20(13-12-19)16-7-6-15(21(22)23)14-5-3-8-18-17(14)16/h3,5-8H,2,4,9-13H2,1H3. The van der Waals surface area contributed by atoms with E-state index in [0.717, 1.165) is 50.3 Å². The number of nitrogens with zero attached hydrogens (tertiary/aromatic N) is 4. The van der Waals surface area contributed by atoms with Crippen LogP contribution in [0.5, 0.6) is 0 Å². The van der Waals surface area contributed by atoms with Gasteiger partial charge in [-0.15, -0.1) is 0 Å². The van der Waals surface area contributed by atoms with Crippen LogP contribution in [0.25, 0.3) is 10.9 Å². The molecule has 1 aromatic heterocycles. The molecule has 6 nitrogen and oxygen atoms in total. The van der Waals surface area contributed by atoms with Gasteiger partial charge in [0, 0.05) is 31.9 Å². The average molecular weight is 314 g/mol. The van der Waals surface area contributed by atoms with Crippen molar-refractivity contribution in [1.29, 1.82) is 0 Å². The van der Waals surface area contributed by atoms with Crippen LogP contribution in [0.3, 0.4) is 0 Å². The molecule has 0 bridgehead atoms. The van der Waals surface area contributed by atoms with Crippen molar-refractivity contribution in [1.82, 2.24) is 9.88 Å². The van der Waals surface area contributed by atoms with E-state index in [1.807, 2.05) is 6.07 Å². The van der Waals surface area contributed by atoms with Crippen LogP contribution in [0.2, 0.25) is 0 Å². The second kappa shape index (κ2) is 6.91. The fourth-order valence-corrected chi connectivity index (χ4v) is 3.31. The van der Waals surface area contributed by atoms with Gasteiger partial charge in [-0.2, -0.15) is 0 Å². The molecule has 3 rings (SSSR count). The molecule has 2 aromatic rings. The topological polar surface area (TPSA) is 62.5 Å². The largest absolute Gasteiger partial charge is 0.368 e. The van der Waals surface area contributed by atoms with Crippen LogP contribution in [0.4, 0.5) is 11.4 Å². The molecule has 0 amide bonds. The van der Waals surface area contributed by atoms with Gasteiger partial charge >= 0.3 is 0 Å². The Morgan fingerprint density at radius 3 is 2.87 bits per heavy atom. The lowest BCUT2D eigenvalue weighted by molar-refractivity contribution is -0.383. The molecule has 0 aliphatic carbocycles. The molecule has 23 heavy (non-hydrogen) atoms. The normalized spacial score (nSPS) is 16.5.